The highest BCUT2D eigenvalue weighted by molar-refractivity contribution is 5.71. The van der Waals surface area contributed by atoms with E-state index in [9.17, 15) is 4.79 Å². The normalized spacial score (nSPS) is 10.7. The molecule has 120 valence electrons. The van der Waals surface area contributed by atoms with Crippen LogP contribution >= 0.6 is 0 Å². The van der Waals surface area contributed by atoms with Crippen molar-refractivity contribution in [3.05, 3.63) is 0 Å². The lowest BCUT2D eigenvalue weighted by atomic mass is 10.1. The fraction of sp³-hybridized carbons (Fsp3) is 0.867. The number of aromatic nitrogens is 4. The first kappa shape index (κ1) is 17.6. The molecule has 0 atom stereocenters. The van der Waals surface area contributed by atoms with E-state index in [2.05, 4.69) is 27.5 Å². The predicted molar refractivity (Wildman–Crippen MR) is 80.9 cm³/mol. The Bertz CT molecular complexity index is 355. The SMILES string of the molecule is CCCCCCCCCCCCCC(=O)Oc1nnn[nH]1. The van der Waals surface area contributed by atoms with Gasteiger partial charge in [0.2, 0.25) is 0 Å². The van der Waals surface area contributed by atoms with Gasteiger partial charge < -0.3 is 4.74 Å². The number of carbonyl (C=O) groups is 1. The van der Waals surface area contributed by atoms with Gasteiger partial charge in [-0.2, -0.15) is 0 Å². The number of nitrogens with zero attached hydrogens (tertiary/aromatic N) is 3. The Morgan fingerprint density at radius 3 is 2.05 bits per heavy atom. The Morgan fingerprint density at radius 1 is 0.952 bits per heavy atom. The summed E-state index contributed by atoms with van der Waals surface area (Å²) in [5.74, 6) is -0.274. The lowest BCUT2D eigenvalue weighted by molar-refractivity contribution is -0.135. The zero-order chi connectivity index (χ0) is 15.2. The van der Waals surface area contributed by atoms with Crippen LogP contribution in [0.15, 0.2) is 0 Å². The summed E-state index contributed by atoms with van der Waals surface area (Å²) in [4.78, 5) is 11.4. The van der Waals surface area contributed by atoms with E-state index in [0.717, 1.165) is 12.8 Å². The van der Waals surface area contributed by atoms with Gasteiger partial charge in [0.15, 0.2) is 0 Å². The maximum Gasteiger partial charge on any atom is 0.340 e. The van der Waals surface area contributed by atoms with Gasteiger partial charge in [0, 0.05) is 6.42 Å². The standard InChI is InChI=1S/C15H28N4O2/c1-2-3-4-5-6-7-8-9-10-11-12-13-14(20)21-15-16-18-19-17-15/h2-13H2,1H3,(H,16,17,18,19). The van der Waals surface area contributed by atoms with Crippen LogP contribution in [0, 0.1) is 0 Å². The van der Waals surface area contributed by atoms with Gasteiger partial charge in [-0.05, 0) is 16.8 Å². The van der Waals surface area contributed by atoms with Crippen LogP contribution in [-0.4, -0.2) is 26.6 Å². The Labute approximate surface area is 127 Å². The third-order valence-corrected chi connectivity index (χ3v) is 3.52. The van der Waals surface area contributed by atoms with Crippen molar-refractivity contribution in [1.29, 1.82) is 0 Å². The minimum atomic E-state index is -0.274. The van der Waals surface area contributed by atoms with Crippen molar-refractivity contribution in [3.8, 4) is 6.01 Å². The number of H-pyrrole nitrogens is 1. The summed E-state index contributed by atoms with van der Waals surface area (Å²) < 4.78 is 4.92. The second-order valence-corrected chi connectivity index (χ2v) is 5.47. The van der Waals surface area contributed by atoms with Crippen LogP contribution in [0.2, 0.25) is 0 Å². The number of tetrazole rings is 1. The van der Waals surface area contributed by atoms with Gasteiger partial charge in [0.25, 0.3) is 0 Å². The van der Waals surface area contributed by atoms with E-state index < -0.39 is 0 Å². The third-order valence-electron chi connectivity index (χ3n) is 3.52. The van der Waals surface area contributed by atoms with Gasteiger partial charge in [0.05, 0.1) is 0 Å². The molecule has 21 heavy (non-hydrogen) atoms. The van der Waals surface area contributed by atoms with E-state index in [0.29, 0.717) is 6.42 Å². The third kappa shape index (κ3) is 9.98. The summed E-state index contributed by atoms with van der Waals surface area (Å²) >= 11 is 0. The molecule has 0 saturated carbocycles. The molecule has 6 nitrogen and oxygen atoms in total. The topological polar surface area (TPSA) is 80.8 Å². The van der Waals surface area contributed by atoms with Crippen molar-refractivity contribution in [3.63, 3.8) is 0 Å². The van der Waals surface area contributed by atoms with E-state index >= 15 is 0 Å². The maximum absolute atomic E-state index is 11.4. The fourth-order valence-corrected chi connectivity index (χ4v) is 2.29. The second-order valence-electron chi connectivity index (χ2n) is 5.47. The number of carbonyl (C=O) groups excluding carboxylic acids is 1. The Balaban J connectivity index is 1.81. The van der Waals surface area contributed by atoms with E-state index in [-0.39, 0.29) is 12.0 Å². The number of esters is 1. The zero-order valence-electron chi connectivity index (χ0n) is 13.1. The van der Waals surface area contributed by atoms with Gasteiger partial charge >= 0.3 is 12.0 Å². The molecule has 1 rings (SSSR count). The van der Waals surface area contributed by atoms with Gasteiger partial charge in [-0.25, -0.2) is 5.10 Å². The average molecular weight is 296 g/mol. The monoisotopic (exact) mass is 296 g/mol. The van der Waals surface area contributed by atoms with Crippen molar-refractivity contribution >= 4 is 5.97 Å². The van der Waals surface area contributed by atoms with Gasteiger partial charge in [-0.15, -0.1) is 0 Å². The molecule has 0 fully saturated rings. The van der Waals surface area contributed by atoms with Crippen LogP contribution in [0.3, 0.4) is 0 Å². The molecule has 0 radical (unpaired) electrons. The van der Waals surface area contributed by atoms with Crippen LogP contribution in [0.1, 0.15) is 84.0 Å². The van der Waals surface area contributed by atoms with E-state index in [1.54, 1.807) is 0 Å². The number of ether oxygens (including phenoxy) is 1. The fourth-order valence-electron chi connectivity index (χ4n) is 2.29. The maximum atomic E-state index is 11.4. The molecular weight excluding hydrogens is 268 g/mol. The highest BCUT2D eigenvalue weighted by atomic mass is 16.6. The molecule has 0 aromatic carbocycles. The number of hydrogen-bond donors (Lipinski definition) is 1. The lowest BCUT2D eigenvalue weighted by Gasteiger charge is -2.02. The minimum absolute atomic E-state index is 0.0723. The van der Waals surface area contributed by atoms with Gasteiger partial charge in [-0.1, -0.05) is 76.2 Å². The van der Waals surface area contributed by atoms with Crippen molar-refractivity contribution in [2.75, 3.05) is 0 Å². The first-order valence-electron chi connectivity index (χ1n) is 8.27. The van der Waals surface area contributed by atoms with E-state index in [1.807, 2.05) is 0 Å². The van der Waals surface area contributed by atoms with Crippen LogP contribution in [-0.2, 0) is 4.79 Å². The van der Waals surface area contributed by atoms with Crippen LogP contribution < -0.4 is 4.74 Å². The smallest absolute Gasteiger partial charge is 0.340 e. The number of unbranched alkanes of at least 4 members (excludes halogenated alkanes) is 10. The quantitative estimate of drug-likeness (QED) is 0.442. The number of rotatable bonds is 13. The van der Waals surface area contributed by atoms with Crippen molar-refractivity contribution in [2.24, 2.45) is 0 Å². The highest BCUT2D eigenvalue weighted by Crippen LogP contribution is 2.12. The molecule has 0 aliphatic heterocycles. The molecule has 1 aromatic heterocycles. The molecule has 0 spiro atoms. The molecule has 0 saturated heterocycles. The van der Waals surface area contributed by atoms with E-state index in [1.165, 1.54) is 57.8 Å². The van der Waals surface area contributed by atoms with Crippen LogP contribution in [0.5, 0.6) is 6.01 Å². The lowest BCUT2D eigenvalue weighted by Crippen LogP contribution is -2.08. The van der Waals surface area contributed by atoms with Crippen molar-refractivity contribution in [1.82, 2.24) is 20.6 Å². The van der Waals surface area contributed by atoms with Gasteiger partial charge in [-0.3, -0.25) is 4.79 Å². The summed E-state index contributed by atoms with van der Waals surface area (Å²) in [5.41, 5.74) is 0. The van der Waals surface area contributed by atoms with Crippen LogP contribution in [0.25, 0.3) is 0 Å². The minimum Gasteiger partial charge on any atom is -0.390 e. The highest BCUT2D eigenvalue weighted by Gasteiger charge is 2.06. The molecular formula is C15H28N4O2. The first-order valence-corrected chi connectivity index (χ1v) is 8.27. The summed E-state index contributed by atoms with van der Waals surface area (Å²) in [6.45, 7) is 2.25. The molecule has 0 aliphatic carbocycles. The number of nitrogens with one attached hydrogen (secondary N) is 1. The molecule has 0 amide bonds. The second kappa shape index (κ2) is 12.3. The van der Waals surface area contributed by atoms with Crippen molar-refractivity contribution in [2.45, 2.75) is 84.0 Å². The van der Waals surface area contributed by atoms with E-state index in [4.69, 9.17) is 4.74 Å². The summed E-state index contributed by atoms with van der Waals surface area (Å²) in [6, 6.07) is 0.0723. The number of aromatic amines is 1. The molecule has 1 N–H and O–H groups in total. The molecule has 0 unspecified atom stereocenters. The molecule has 0 bridgehead atoms. The summed E-state index contributed by atoms with van der Waals surface area (Å²) in [6.07, 6.45) is 14.4. The van der Waals surface area contributed by atoms with Crippen LogP contribution in [0.4, 0.5) is 0 Å². The Morgan fingerprint density at radius 2 is 1.52 bits per heavy atom. The largest absolute Gasteiger partial charge is 0.390 e. The molecule has 6 heteroatoms. The molecule has 1 heterocycles. The Kier molecular flexibility index (Phi) is 10.3. The zero-order valence-corrected chi connectivity index (χ0v) is 13.1. The molecule has 1 aromatic rings. The van der Waals surface area contributed by atoms with Gasteiger partial charge in [0.1, 0.15) is 0 Å². The summed E-state index contributed by atoms with van der Waals surface area (Å²) in [7, 11) is 0. The Hall–Kier alpha value is -1.46. The predicted octanol–water partition coefficient (Wildman–Crippen LogP) is 3.81. The first-order chi connectivity index (χ1) is 10.3. The molecule has 0 aliphatic rings. The summed E-state index contributed by atoms with van der Waals surface area (Å²) in [5, 5.41) is 12.6. The average Bonchev–Trinajstić information content (AvgIpc) is 2.97. The number of hydrogen-bond acceptors (Lipinski definition) is 5. The van der Waals surface area contributed by atoms with Crippen molar-refractivity contribution < 1.29 is 9.53 Å².